The van der Waals surface area contributed by atoms with Crippen LogP contribution in [0, 0.1) is 11.3 Å². The standard InChI is InChI=1S/C11H13BrN4/c1-8-6-14-2-3-16(8)11-4-9(12)7-15-10(11)5-13/h4,7-8,14H,2-3,6H2,1H3. The minimum Gasteiger partial charge on any atom is -0.364 e. The number of anilines is 1. The number of pyridine rings is 1. The van der Waals surface area contributed by atoms with E-state index in [0.717, 1.165) is 29.8 Å². The summed E-state index contributed by atoms with van der Waals surface area (Å²) in [5, 5.41) is 12.4. The van der Waals surface area contributed by atoms with Crippen LogP contribution in [-0.4, -0.2) is 30.7 Å². The van der Waals surface area contributed by atoms with Crippen molar-refractivity contribution >= 4 is 21.6 Å². The number of nitriles is 1. The fourth-order valence-corrected chi connectivity index (χ4v) is 2.25. The van der Waals surface area contributed by atoms with Crippen LogP contribution in [0.3, 0.4) is 0 Å². The van der Waals surface area contributed by atoms with E-state index < -0.39 is 0 Å². The van der Waals surface area contributed by atoms with Crippen LogP contribution in [0.4, 0.5) is 5.69 Å². The zero-order chi connectivity index (χ0) is 11.5. The topological polar surface area (TPSA) is 52.0 Å². The van der Waals surface area contributed by atoms with Gasteiger partial charge in [0.25, 0.3) is 0 Å². The summed E-state index contributed by atoms with van der Waals surface area (Å²) in [6, 6.07) is 4.50. The van der Waals surface area contributed by atoms with Crippen LogP contribution in [0.5, 0.6) is 0 Å². The summed E-state index contributed by atoms with van der Waals surface area (Å²) in [7, 11) is 0. The zero-order valence-corrected chi connectivity index (χ0v) is 10.7. The van der Waals surface area contributed by atoms with Gasteiger partial charge in [0.15, 0.2) is 5.69 Å². The number of aromatic nitrogens is 1. The molecule has 16 heavy (non-hydrogen) atoms. The molecule has 1 fully saturated rings. The molecule has 1 atom stereocenters. The van der Waals surface area contributed by atoms with Gasteiger partial charge in [-0.3, -0.25) is 0 Å². The highest BCUT2D eigenvalue weighted by Gasteiger charge is 2.21. The molecule has 0 aliphatic carbocycles. The van der Waals surface area contributed by atoms with Crippen molar-refractivity contribution in [1.82, 2.24) is 10.3 Å². The lowest BCUT2D eigenvalue weighted by Crippen LogP contribution is -2.50. The van der Waals surface area contributed by atoms with Gasteiger partial charge in [-0.1, -0.05) is 0 Å². The molecule has 1 saturated heterocycles. The van der Waals surface area contributed by atoms with E-state index in [1.165, 1.54) is 0 Å². The molecule has 0 aromatic carbocycles. The maximum absolute atomic E-state index is 9.06. The number of piperazine rings is 1. The van der Waals surface area contributed by atoms with E-state index in [1.54, 1.807) is 6.20 Å². The average Bonchev–Trinajstić information content (AvgIpc) is 2.29. The molecular weight excluding hydrogens is 268 g/mol. The van der Waals surface area contributed by atoms with Crippen molar-refractivity contribution < 1.29 is 0 Å². The Labute approximate surface area is 103 Å². The molecule has 2 rings (SSSR count). The summed E-state index contributed by atoms with van der Waals surface area (Å²) in [5.41, 5.74) is 1.42. The van der Waals surface area contributed by atoms with Crippen molar-refractivity contribution in [3.8, 4) is 6.07 Å². The average molecular weight is 281 g/mol. The Morgan fingerprint density at radius 1 is 1.69 bits per heavy atom. The van der Waals surface area contributed by atoms with Gasteiger partial charge in [-0.25, -0.2) is 4.98 Å². The molecule has 1 unspecified atom stereocenters. The lowest BCUT2D eigenvalue weighted by atomic mass is 10.1. The molecule has 1 aromatic heterocycles. The van der Waals surface area contributed by atoms with E-state index in [2.05, 4.69) is 44.1 Å². The van der Waals surface area contributed by atoms with Gasteiger partial charge in [0.05, 0.1) is 5.69 Å². The Hall–Kier alpha value is -1.12. The van der Waals surface area contributed by atoms with Gasteiger partial charge in [-0.2, -0.15) is 5.26 Å². The lowest BCUT2D eigenvalue weighted by molar-refractivity contribution is 0.500. The third-order valence-electron chi connectivity index (χ3n) is 2.75. The number of nitrogens with zero attached hydrogens (tertiary/aromatic N) is 3. The molecule has 0 spiro atoms. The zero-order valence-electron chi connectivity index (χ0n) is 9.07. The van der Waals surface area contributed by atoms with Crippen LogP contribution in [0.15, 0.2) is 16.7 Å². The van der Waals surface area contributed by atoms with Crippen molar-refractivity contribution in [2.24, 2.45) is 0 Å². The molecule has 0 amide bonds. The minimum absolute atomic E-state index is 0.386. The lowest BCUT2D eigenvalue weighted by Gasteiger charge is -2.36. The maximum atomic E-state index is 9.06. The van der Waals surface area contributed by atoms with Crippen LogP contribution >= 0.6 is 15.9 Å². The quantitative estimate of drug-likeness (QED) is 0.848. The first-order chi connectivity index (χ1) is 7.72. The molecule has 0 bridgehead atoms. The smallest absolute Gasteiger partial charge is 0.163 e. The number of rotatable bonds is 1. The van der Waals surface area contributed by atoms with Crippen LogP contribution in [0.1, 0.15) is 12.6 Å². The monoisotopic (exact) mass is 280 g/mol. The minimum atomic E-state index is 0.386. The van der Waals surface area contributed by atoms with E-state index in [9.17, 15) is 0 Å². The highest BCUT2D eigenvalue weighted by molar-refractivity contribution is 9.10. The van der Waals surface area contributed by atoms with E-state index in [0.29, 0.717) is 11.7 Å². The molecule has 0 saturated carbocycles. The van der Waals surface area contributed by atoms with E-state index in [4.69, 9.17) is 5.26 Å². The van der Waals surface area contributed by atoms with Gasteiger partial charge in [0.2, 0.25) is 0 Å². The Kier molecular flexibility index (Phi) is 3.42. The van der Waals surface area contributed by atoms with Crippen LogP contribution in [0.25, 0.3) is 0 Å². The van der Waals surface area contributed by atoms with Gasteiger partial charge in [0.1, 0.15) is 6.07 Å². The summed E-state index contributed by atoms with van der Waals surface area (Å²) >= 11 is 3.40. The van der Waals surface area contributed by atoms with Gasteiger partial charge >= 0.3 is 0 Å². The largest absolute Gasteiger partial charge is 0.364 e. The molecule has 5 heteroatoms. The highest BCUT2D eigenvalue weighted by Crippen LogP contribution is 2.24. The van der Waals surface area contributed by atoms with Crippen LogP contribution in [-0.2, 0) is 0 Å². The van der Waals surface area contributed by atoms with Gasteiger partial charge in [-0.05, 0) is 28.9 Å². The van der Waals surface area contributed by atoms with Crippen LogP contribution in [0.2, 0.25) is 0 Å². The second kappa shape index (κ2) is 4.81. The van der Waals surface area contributed by atoms with Crippen molar-refractivity contribution in [2.45, 2.75) is 13.0 Å². The number of hydrogen-bond acceptors (Lipinski definition) is 4. The summed E-state index contributed by atoms with van der Waals surface area (Å²) in [5.74, 6) is 0. The fraction of sp³-hybridized carbons (Fsp3) is 0.455. The molecule has 0 radical (unpaired) electrons. The van der Waals surface area contributed by atoms with Gasteiger partial charge < -0.3 is 10.2 Å². The fourth-order valence-electron chi connectivity index (χ4n) is 1.93. The summed E-state index contributed by atoms with van der Waals surface area (Å²) < 4.78 is 0.909. The summed E-state index contributed by atoms with van der Waals surface area (Å²) in [4.78, 5) is 6.37. The van der Waals surface area contributed by atoms with Crippen molar-refractivity contribution in [3.63, 3.8) is 0 Å². The second-order valence-corrected chi connectivity index (χ2v) is 4.80. The Bertz CT molecular complexity index is 426. The Morgan fingerprint density at radius 3 is 3.19 bits per heavy atom. The molecule has 1 aromatic rings. The number of halogens is 1. The summed E-state index contributed by atoms with van der Waals surface area (Å²) in [6.07, 6.45) is 1.66. The van der Waals surface area contributed by atoms with Crippen molar-refractivity contribution in [2.75, 3.05) is 24.5 Å². The number of hydrogen-bond donors (Lipinski definition) is 1. The SMILES string of the molecule is CC1CNCCN1c1cc(Br)cnc1C#N. The van der Waals surface area contributed by atoms with Crippen LogP contribution < -0.4 is 10.2 Å². The molecule has 2 heterocycles. The first kappa shape index (κ1) is 11.4. The Balaban J connectivity index is 2.38. The van der Waals surface area contributed by atoms with Crippen molar-refractivity contribution in [1.29, 1.82) is 5.26 Å². The highest BCUT2D eigenvalue weighted by atomic mass is 79.9. The summed E-state index contributed by atoms with van der Waals surface area (Å²) in [6.45, 7) is 4.95. The van der Waals surface area contributed by atoms with E-state index in [-0.39, 0.29) is 0 Å². The first-order valence-corrected chi connectivity index (χ1v) is 6.04. The predicted molar refractivity (Wildman–Crippen MR) is 66.3 cm³/mol. The van der Waals surface area contributed by atoms with Gasteiger partial charge in [0, 0.05) is 36.3 Å². The molecular formula is C11H13BrN4. The molecule has 1 N–H and O–H groups in total. The van der Waals surface area contributed by atoms with E-state index >= 15 is 0 Å². The normalized spacial score (nSPS) is 20.6. The molecule has 4 nitrogen and oxygen atoms in total. The van der Waals surface area contributed by atoms with E-state index in [1.807, 2.05) is 6.07 Å². The van der Waals surface area contributed by atoms with Crippen molar-refractivity contribution in [3.05, 3.63) is 22.4 Å². The third-order valence-corrected chi connectivity index (χ3v) is 3.18. The third kappa shape index (κ3) is 2.18. The molecule has 1 aliphatic rings. The number of nitrogens with one attached hydrogen (secondary N) is 1. The van der Waals surface area contributed by atoms with Gasteiger partial charge in [-0.15, -0.1) is 0 Å². The maximum Gasteiger partial charge on any atom is 0.163 e. The predicted octanol–water partition coefficient (Wildman–Crippen LogP) is 1.51. The first-order valence-electron chi connectivity index (χ1n) is 5.25. The molecule has 1 aliphatic heterocycles. The Morgan fingerprint density at radius 2 is 2.50 bits per heavy atom. The second-order valence-electron chi connectivity index (χ2n) is 3.88. The molecule has 84 valence electrons.